The summed E-state index contributed by atoms with van der Waals surface area (Å²) in [5.41, 5.74) is 2.19. The first-order valence-corrected chi connectivity index (χ1v) is 6.15. The molecule has 1 aliphatic rings. The van der Waals surface area contributed by atoms with Gasteiger partial charge >= 0.3 is 0 Å². The van der Waals surface area contributed by atoms with E-state index in [-0.39, 0.29) is 5.82 Å². The first-order chi connectivity index (χ1) is 7.70. The van der Waals surface area contributed by atoms with E-state index in [1.807, 2.05) is 14.0 Å². The van der Waals surface area contributed by atoms with Crippen molar-refractivity contribution in [1.29, 1.82) is 0 Å². The molecule has 0 aliphatic heterocycles. The van der Waals surface area contributed by atoms with E-state index >= 15 is 0 Å². The number of benzene rings is 1. The molecule has 0 heterocycles. The molecule has 1 saturated carbocycles. The normalized spacial score (nSPS) is 25.7. The summed E-state index contributed by atoms with van der Waals surface area (Å²) >= 11 is 0. The van der Waals surface area contributed by atoms with Crippen LogP contribution in [0.5, 0.6) is 0 Å². The molecule has 1 nitrogen and oxygen atoms in total. The summed E-state index contributed by atoms with van der Waals surface area (Å²) in [6, 6.07) is 5.94. The van der Waals surface area contributed by atoms with Crippen LogP contribution < -0.4 is 5.32 Å². The molecule has 1 fully saturated rings. The van der Waals surface area contributed by atoms with Crippen LogP contribution in [0.4, 0.5) is 4.39 Å². The molecule has 88 valence electrons. The zero-order valence-electron chi connectivity index (χ0n) is 10.1. The van der Waals surface area contributed by atoms with Crippen LogP contribution in [-0.2, 0) is 0 Å². The second kappa shape index (κ2) is 4.96. The number of nitrogens with one attached hydrogen (secondary N) is 1. The first kappa shape index (κ1) is 11.6. The van der Waals surface area contributed by atoms with Gasteiger partial charge in [0, 0.05) is 6.04 Å². The van der Waals surface area contributed by atoms with Gasteiger partial charge in [0.05, 0.1) is 0 Å². The third kappa shape index (κ3) is 2.43. The fourth-order valence-electron chi connectivity index (χ4n) is 2.85. The Hall–Kier alpha value is -0.890. The number of likely N-dealkylation sites (N-methyl/N-ethyl adjacent to an activating group) is 1. The van der Waals surface area contributed by atoms with Gasteiger partial charge in [-0.1, -0.05) is 18.9 Å². The molecule has 2 atom stereocenters. The zero-order chi connectivity index (χ0) is 11.5. The topological polar surface area (TPSA) is 12.0 Å². The number of hydrogen-bond donors (Lipinski definition) is 1. The molecule has 1 aromatic carbocycles. The van der Waals surface area contributed by atoms with Crippen LogP contribution in [0.25, 0.3) is 0 Å². The summed E-state index contributed by atoms with van der Waals surface area (Å²) in [5.74, 6) is 0.378. The maximum atomic E-state index is 13.4. The molecule has 1 aliphatic carbocycles. The average molecular weight is 221 g/mol. The Bertz CT molecular complexity index is 342. The molecule has 2 rings (SSSR count). The van der Waals surface area contributed by atoms with E-state index in [0.29, 0.717) is 12.0 Å². The molecule has 16 heavy (non-hydrogen) atoms. The van der Waals surface area contributed by atoms with Gasteiger partial charge < -0.3 is 5.32 Å². The molecule has 0 aromatic heterocycles. The van der Waals surface area contributed by atoms with E-state index in [9.17, 15) is 4.39 Å². The summed E-state index contributed by atoms with van der Waals surface area (Å²) in [6.07, 6.45) is 4.93. The van der Waals surface area contributed by atoms with Gasteiger partial charge in [0.25, 0.3) is 0 Å². The highest BCUT2D eigenvalue weighted by atomic mass is 19.1. The van der Waals surface area contributed by atoms with Gasteiger partial charge in [-0.15, -0.1) is 0 Å². The lowest BCUT2D eigenvalue weighted by Gasteiger charge is -2.31. The maximum Gasteiger partial charge on any atom is 0.123 e. The average Bonchev–Trinajstić information content (AvgIpc) is 2.27. The molecular weight excluding hydrogens is 201 g/mol. The van der Waals surface area contributed by atoms with Crippen molar-refractivity contribution in [3.05, 3.63) is 35.1 Å². The summed E-state index contributed by atoms with van der Waals surface area (Å²) in [7, 11) is 2.01. The number of rotatable bonds is 2. The van der Waals surface area contributed by atoms with Crippen molar-refractivity contribution in [2.24, 2.45) is 0 Å². The van der Waals surface area contributed by atoms with Gasteiger partial charge in [-0.2, -0.15) is 0 Å². The molecule has 1 N–H and O–H groups in total. The minimum absolute atomic E-state index is 0.101. The van der Waals surface area contributed by atoms with Gasteiger partial charge in [-0.05, 0) is 56.0 Å². The van der Waals surface area contributed by atoms with Crippen molar-refractivity contribution in [2.45, 2.75) is 44.6 Å². The standard InChI is InChI=1S/C14H20FN/c1-10-7-11(9-12(15)8-10)13-5-3-4-6-14(13)16-2/h7-9,13-14,16H,3-6H2,1-2H3. The molecule has 0 bridgehead atoms. The number of halogens is 1. The Labute approximate surface area is 97.1 Å². The Morgan fingerprint density at radius 1 is 1.19 bits per heavy atom. The molecule has 2 heteroatoms. The van der Waals surface area contributed by atoms with Crippen LogP contribution in [-0.4, -0.2) is 13.1 Å². The SMILES string of the molecule is CNC1CCCCC1c1cc(C)cc(F)c1. The second-order valence-electron chi connectivity index (χ2n) is 4.85. The quantitative estimate of drug-likeness (QED) is 0.807. The van der Waals surface area contributed by atoms with Gasteiger partial charge in [0.1, 0.15) is 5.82 Å². The molecule has 1 aromatic rings. The lowest BCUT2D eigenvalue weighted by molar-refractivity contribution is 0.343. The molecular formula is C14H20FN. The van der Waals surface area contributed by atoms with Gasteiger partial charge in [0.15, 0.2) is 0 Å². The summed E-state index contributed by atoms with van der Waals surface area (Å²) in [5, 5.41) is 3.37. The van der Waals surface area contributed by atoms with Crippen LogP contribution in [0.2, 0.25) is 0 Å². The Kier molecular flexibility index (Phi) is 3.59. The highest BCUT2D eigenvalue weighted by molar-refractivity contribution is 5.28. The van der Waals surface area contributed by atoms with Crippen LogP contribution in [0, 0.1) is 12.7 Å². The molecule has 2 unspecified atom stereocenters. The van der Waals surface area contributed by atoms with E-state index in [4.69, 9.17) is 0 Å². The predicted molar refractivity (Wildman–Crippen MR) is 65.2 cm³/mol. The molecule has 0 spiro atoms. The fourth-order valence-corrected chi connectivity index (χ4v) is 2.85. The monoisotopic (exact) mass is 221 g/mol. The van der Waals surface area contributed by atoms with E-state index in [0.717, 1.165) is 11.1 Å². The summed E-state index contributed by atoms with van der Waals surface area (Å²) < 4.78 is 13.4. The summed E-state index contributed by atoms with van der Waals surface area (Å²) in [4.78, 5) is 0. The van der Waals surface area contributed by atoms with Crippen LogP contribution in [0.3, 0.4) is 0 Å². The zero-order valence-corrected chi connectivity index (χ0v) is 10.1. The third-order valence-corrected chi connectivity index (χ3v) is 3.63. The van der Waals surface area contributed by atoms with Gasteiger partial charge in [-0.25, -0.2) is 4.39 Å². The fraction of sp³-hybridized carbons (Fsp3) is 0.571. The van der Waals surface area contributed by atoms with Crippen molar-refractivity contribution in [3.63, 3.8) is 0 Å². The van der Waals surface area contributed by atoms with E-state index in [1.54, 1.807) is 12.1 Å². The Morgan fingerprint density at radius 2 is 1.94 bits per heavy atom. The van der Waals surface area contributed by atoms with E-state index in [2.05, 4.69) is 11.4 Å². The Balaban J connectivity index is 2.26. The summed E-state index contributed by atoms with van der Waals surface area (Å²) in [6.45, 7) is 1.96. The lowest BCUT2D eigenvalue weighted by Crippen LogP contribution is -2.34. The van der Waals surface area contributed by atoms with Crippen LogP contribution >= 0.6 is 0 Å². The van der Waals surface area contributed by atoms with Gasteiger partial charge in [0.2, 0.25) is 0 Å². The molecule has 0 amide bonds. The lowest BCUT2D eigenvalue weighted by atomic mass is 9.79. The van der Waals surface area contributed by atoms with E-state index < -0.39 is 0 Å². The minimum atomic E-state index is -0.101. The first-order valence-electron chi connectivity index (χ1n) is 6.15. The number of hydrogen-bond acceptors (Lipinski definition) is 1. The van der Waals surface area contributed by atoms with Crippen molar-refractivity contribution >= 4 is 0 Å². The highest BCUT2D eigenvalue weighted by Gasteiger charge is 2.25. The maximum absolute atomic E-state index is 13.4. The predicted octanol–water partition coefficient (Wildman–Crippen LogP) is 3.38. The third-order valence-electron chi connectivity index (χ3n) is 3.63. The van der Waals surface area contributed by atoms with Crippen LogP contribution in [0.1, 0.15) is 42.7 Å². The van der Waals surface area contributed by atoms with Crippen molar-refractivity contribution in [3.8, 4) is 0 Å². The number of aryl methyl sites for hydroxylation is 1. The van der Waals surface area contributed by atoms with Gasteiger partial charge in [-0.3, -0.25) is 0 Å². The molecule has 0 radical (unpaired) electrons. The van der Waals surface area contributed by atoms with Crippen LogP contribution in [0.15, 0.2) is 18.2 Å². The molecule has 0 saturated heterocycles. The second-order valence-corrected chi connectivity index (χ2v) is 4.85. The Morgan fingerprint density at radius 3 is 2.62 bits per heavy atom. The highest BCUT2D eigenvalue weighted by Crippen LogP contribution is 2.33. The minimum Gasteiger partial charge on any atom is -0.316 e. The largest absolute Gasteiger partial charge is 0.316 e. The van der Waals surface area contributed by atoms with Crippen molar-refractivity contribution in [1.82, 2.24) is 5.32 Å². The van der Waals surface area contributed by atoms with Crippen molar-refractivity contribution in [2.75, 3.05) is 7.05 Å². The van der Waals surface area contributed by atoms with E-state index in [1.165, 1.54) is 25.7 Å². The van der Waals surface area contributed by atoms with Crippen molar-refractivity contribution < 1.29 is 4.39 Å². The smallest absolute Gasteiger partial charge is 0.123 e.